The lowest BCUT2D eigenvalue weighted by atomic mass is 10.0. The number of rotatable bonds is 4. The Hall–Kier alpha value is -2.41. The number of benzene rings is 1. The molecule has 0 atom stereocenters. The normalized spacial score (nSPS) is 10.1. The third-order valence-corrected chi connectivity index (χ3v) is 3.13. The smallest absolute Gasteiger partial charge is 0.257 e. The molecule has 2 aromatic rings. The third kappa shape index (κ3) is 2.77. The van der Waals surface area contributed by atoms with Crippen molar-refractivity contribution in [3.63, 3.8) is 0 Å². The maximum atomic E-state index is 9.39. The molecular weight excluding hydrogens is 250 g/mol. The topological polar surface area (TPSA) is 58.8 Å². The van der Waals surface area contributed by atoms with E-state index in [-0.39, 0.29) is 5.88 Å². The van der Waals surface area contributed by atoms with Gasteiger partial charge in [-0.05, 0) is 43.0 Å². The van der Waals surface area contributed by atoms with Crippen molar-refractivity contribution < 1.29 is 4.74 Å². The van der Waals surface area contributed by atoms with Crippen LogP contribution < -0.4 is 4.74 Å². The molecule has 1 heterocycles. The lowest BCUT2D eigenvalue weighted by molar-refractivity contribution is 0.450. The van der Waals surface area contributed by atoms with E-state index in [1.54, 1.807) is 0 Å². The van der Waals surface area contributed by atoms with Crippen molar-refractivity contribution in [2.75, 3.05) is 0 Å². The number of ether oxygens (including phenoxy) is 1. The minimum Gasteiger partial charge on any atom is -0.437 e. The highest BCUT2D eigenvalue weighted by molar-refractivity contribution is 5.47. The van der Waals surface area contributed by atoms with Gasteiger partial charge in [-0.3, -0.25) is 0 Å². The molecule has 0 bridgehead atoms. The quantitative estimate of drug-likeness (QED) is 0.849. The van der Waals surface area contributed by atoms with Gasteiger partial charge in [0.2, 0.25) is 0 Å². The molecular formula is C16H17N3O. The Bertz CT molecular complexity index is 659. The van der Waals surface area contributed by atoms with E-state index in [0.717, 1.165) is 29.7 Å². The molecule has 0 aliphatic rings. The van der Waals surface area contributed by atoms with Crippen LogP contribution in [0, 0.1) is 18.3 Å². The summed E-state index contributed by atoms with van der Waals surface area (Å²) < 4.78 is 5.73. The number of aryl methyl sites for hydroxylation is 2. The summed E-state index contributed by atoms with van der Waals surface area (Å²) in [6, 6.07) is 9.84. The highest BCUT2D eigenvalue weighted by Crippen LogP contribution is 2.26. The molecule has 0 saturated carbocycles. The second-order valence-electron chi connectivity index (χ2n) is 4.54. The second kappa shape index (κ2) is 6.16. The first-order valence-corrected chi connectivity index (χ1v) is 6.72. The van der Waals surface area contributed by atoms with E-state index in [1.807, 2.05) is 45.0 Å². The number of hydrogen-bond donors (Lipinski definition) is 0. The molecule has 2 rings (SSSR count). The number of hydrogen-bond acceptors (Lipinski definition) is 4. The van der Waals surface area contributed by atoms with Crippen LogP contribution in [-0.2, 0) is 12.8 Å². The van der Waals surface area contributed by atoms with Crippen molar-refractivity contribution in [1.29, 1.82) is 5.26 Å². The van der Waals surface area contributed by atoms with Crippen molar-refractivity contribution in [2.24, 2.45) is 0 Å². The van der Waals surface area contributed by atoms with Crippen LogP contribution in [0.3, 0.4) is 0 Å². The van der Waals surface area contributed by atoms with Crippen molar-refractivity contribution in [2.45, 2.75) is 33.6 Å². The fourth-order valence-electron chi connectivity index (χ4n) is 2.13. The average molecular weight is 267 g/mol. The molecule has 1 aromatic carbocycles. The van der Waals surface area contributed by atoms with Gasteiger partial charge in [-0.15, -0.1) is 5.10 Å². The second-order valence-corrected chi connectivity index (χ2v) is 4.54. The van der Waals surface area contributed by atoms with Gasteiger partial charge in [0.1, 0.15) is 17.4 Å². The SMILES string of the molecule is CCc1nnc(Oc2cccc(C)c2)c(C#N)c1CC. The van der Waals surface area contributed by atoms with Gasteiger partial charge in [-0.25, -0.2) is 0 Å². The molecule has 0 saturated heterocycles. The molecule has 0 radical (unpaired) electrons. The molecule has 1 aromatic heterocycles. The molecule has 0 amide bonds. The largest absolute Gasteiger partial charge is 0.437 e. The van der Waals surface area contributed by atoms with Gasteiger partial charge in [0.05, 0.1) is 5.69 Å². The monoisotopic (exact) mass is 267 g/mol. The zero-order valence-corrected chi connectivity index (χ0v) is 12.0. The molecule has 0 N–H and O–H groups in total. The van der Waals surface area contributed by atoms with Gasteiger partial charge in [0.25, 0.3) is 5.88 Å². The van der Waals surface area contributed by atoms with Crippen molar-refractivity contribution in [1.82, 2.24) is 10.2 Å². The van der Waals surface area contributed by atoms with Gasteiger partial charge in [0, 0.05) is 0 Å². The number of nitriles is 1. The van der Waals surface area contributed by atoms with Crippen LogP contribution >= 0.6 is 0 Å². The summed E-state index contributed by atoms with van der Waals surface area (Å²) >= 11 is 0. The molecule has 4 heteroatoms. The molecule has 0 unspecified atom stereocenters. The summed E-state index contributed by atoms with van der Waals surface area (Å²) in [5.74, 6) is 0.953. The van der Waals surface area contributed by atoms with E-state index in [2.05, 4.69) is 16.3 Å². The van der Waals surface area contributed by atoms with Crippen LogP contribution in [-0.4, -0.2) is 10.2 Å². The van der Waals surface area contributed by atoms with Crippen LogP contribution in [0.25, 0.3) is 0 Å². The average Bonchev–Trinajstić information content (AvgIpc) is 2.46. The molecule has 0 aliphatic heterocycles. The summed E-state index contributed by atoms with van der Waals surface area (Å²) in [4.78, 5) is 0. The Morgan fingerprint density at radius 1 is 1.20 bits per heavy atom. The fourth-order valence-corrected chi connectivity index (χ4v) is 2.13. The van der Waals surface area contributed by atoms with Crippen LogP contribution in [0.15, 0.2) is 24.3 Å². The minimum absolute atomic E-state index is 0.284. The summed E-state index contributed by atoms with van der Waals surface area (Å²) in [6.45, 7) is 6.00. The predicted octanol–water partition coefficient (Wildman–Crippen LogP) is 3.57. The zero-order valence-electron chi connectivity index (χ0n) is 12.0. The lowest BCUT2D eigenvalue weighted by Gasteiger charge is -2.11. The lowest BCUT2D eigenvalue weighted by Crippen LogP contribution is -2.05. The van der Waals surface area contributed by atoms with E-state index in [9.17, 15) is 5.26 Å². The minimum atomic E-state index is 0.284. The van der Waals surface area contributed by atoms with Gasteiger partial charge >= 0.3 is 0 Å². The summed E-state index contributed by atoms with van der Waals surface area (Å²) in [6.07, 6.45) is 1.50. The van der Waals surface area contributed by atoms with E-state index in [4.69, 9.17) is 4.74 Å². The van der Waals surface area contributed by atoms with Crippen LogP contribution in [0.5, 0.6) is 11.6 Å². The van der Waals surface area contributed by atoms with Crippen molar-refractivity contribution in [3.8, 4) is 17.7 Å². The first-order valence-electron chi connectivity index (χ1n) is 6.72. The number of nitrogens with zero attached hydrogens (tertiary/aromatic N) is 3. The van der Waals surface area contributed by atoms with Crippen LogP contribution in [0.1, 0.15) is 36.2 Å². The molecule has 0 spiro atoms. The maximum Gasteiger partial charge on any atom is 0.257 e. The van der Waals surface area contributed by atoms with E-state index in [1.165, 1.54) is 0 Å². The first-order chi connectivity index (χ1) is 9.69. The van der Waals surface area contributed by atoms with Gasteiger partial charge in [-0.1, -0.05) is 26.0 Å². The van der Waals surface area contributed by atoms with Crippen LogP contribution in [0.4, 0.5) is 0 Å². The molecule has 0 fully saturated rings. The van der Waals surface area contributed by atoms with Crippen LogP contribution in [0.2, 0.25) is 0 Å². The van der Waals surface area contributed by atoms with Crippen molar-refractivity contribution >= 4 is 0 Å². The van der Waals surface area contributed by atoms with Crippen molar-refractivity contribution in [3.05, 3.63) is 46.6 Å². The van der Waals surface area contributed by atoms with E-state index >= 15 is 0 Å². The predicted molar refractivity (Wildman–Crippen MR) is 76.8 cm³/mol. The molecule has 20 heavy (non-hydrogen) atoms. The fraction of sp³-hybridized carbons (Fsp3) is 0.312. The Morgan fingerprint density at radius 3 is 2.60 bits per heavy atom. The first kappa shape index (κ1) is 14.0. The highest BCUT2D eigenvalue weighted by Gasteiger charge is 2.15. The number of aromatic nitrogens is 2. The maximum absolute atomic E-state index is 9.39. The Balaban J connectivity index is 2.45. The van der Waals surface area contributed by atoms with Gasteiger partial charge in [0.15, 0.2) is 0 Å². The Labute approximate surface area is 119 Å². The summed E-state index contributed by atoms with van der Waals surface area (Å²) in [5.41, 5.74) is 3.36. The highest BCUT2D eigenvalue weighted by atomic mass is 16.5. The Morgan fingerprint density at radius 2 is 2.00 bits per heavy atom. The zero-order chi connectivity index (χ0) is 14.5. The third-order valence-electron chi connectivity index (χ3n) is 3.13. The molecule has 102 valence electrons. The molecule has 0 aliphatic carbocycles. The van der Waals surface area contributed by atoms with Gasteiger partial charge < -0.3 is 4.74 Å². The van der Waals surface area contributed by atoms with Gasteiger partial charge in [-0.2, -0.15) is 10.4 Å². The standard InChI is InChI=1S/C16H17N3O/c1-4-13-14(10-17)16(19-18-15(13)5-2)20-12-8-6-7-11(3)9-12/h6-9H,4-5H2,1-3H3. The molecule has 4 nitrogen and oxygen atoms in total. The van der Waals surface area contributed by atoms with E-state index < -0.39 is 0 Å². The Kier molecular flexibility index (Phi) is 4.31. The summed E-state index contributed by atoms with van der Waals surface area (Å²) in [5, 5.41) is 17.6. The van der Waals surface area contributed by atoms with E-state index in [0.29, 0.717) is 11.3 Å². The summed E-state index contributed by atoms with van der Waals surface area (Å²) in [7, 11) is 0.